The molecule has 7 nitrogen and oxygen atoms in total. The number of carboxylic acids is 1. The van der Waals surface area contributed by atoms with E-state index in [9.17, 15) is 19.5 Å². The summed E-state index contributed by atoms with van der Waals surface area (Å²) in [4.78, 5) is 38.6. The zero-order valence-electron chi connectivity index (χ0n) is 18.6. The van der Waals surface area contributed by atoms with Crippen molar-refractivity contribution in [3.63, 3.8) is 0 Å². The summed E-state index contributed by atoms with van der Waals surface area (Å²) in [5, 5.41) is 12.4. The van der Waals surface area contributed by atoms with Gasteiger partial charge >= 0.3 is 12.1 Å². The van der Waals surface area contributed by atoms with E-state index in [1.807, 2.05) is 24.3 Å². The van der Waals surface area contributed by atoms with Crippen molar-refractivity contribution in [1.82, 2.24) is 10.2 Å². The minimum Gasteiger partial charge on any atom is -0.479 e. The van der Waals surface area contributed by atoms with Crippen LogP contribution in [0.15, 0.2) is 48.5 Å². The molecule has 0 bridgehead atoms. The standard InChI is InChI=1S/C26H28N2O5/c1-16(13-23(29)28-12-6-7-17-14-26(17,28)24(30)31)27-25(32)33-15-22-20-10-4-2-8-18(20)19-9-3-5-11-21(19)22/h2-5,8-11,16-17,22H,6-7,12-15H2,1H3,(H,27,32)(H,30,31)/t16?,17-,26+/m1/s1. The van der Waals surface area contributed by atoms with E-state index >= 15 is 0 Å². The predicted octanol–water partition coefficient (Wildman–Crippen LogP) is 3.77. The molecule has 1 aliphatic heterocycles. The zero-order chi connectivity index (χ0) is 23.2. The van der Waals surface area contributed by atoms with E-state index in [-0.39, 0.29) is 30.8 Å². The number of alkyl carbamates (subject to hydrolysis) is 1. The van der Waals surface area contributed by atoms with Crippen molar-refractivity contribution in [2.75, 3.05) is 13.2 Å². The van der Waals surface area contributed by atoms with E-state index in [4.69, 9.17) is 4.74 Å². The minimum atomic E-state index is -1.03. The predicted molar refractivity (Wildman–Crippen MR) is 122 cm³/mol. The van der Waals surface area contributed by atoms with Crippen molar-refractivity contribution in [3.8, 4) is 11.1 Å². The molecule has 1 saturated carbocycles. The van der Waals surface area contributed by atoms with Gasteiger partial charge in [0.1, 0.15) is 12.1 Å². The summed E-state index contributed by atoms with van der Waals surface area (Å²) < 4.78 is 5.56. The van der Waals surface area contributed by atoms with Gasteiger partial charge in [-0.25, -0.2) is 9.59 Å². The Morgan fingerprint density at radius 3 is 2.39 bits per heavy atom. The highest BCUT2D eigenvalue weighted by Gasteiger charge is 2.66. The van der Waals surface area contributed by atoms with Gasteiger partial charge in [0.05, 0.1) is 0 Å². The van der Waals surface area contributed by atoms with Crippen LogP contribution in [0.4, 0.5) is 4.79 Å². The second-order valence-electron chi connectivity index (χ2n) is 9.39. The third-order valence-corrected chi connectivity index (χ3v) is 7.35. The Kier molecular flexibility index (Phi) is 5.35. The maximum atomic E-state index is 12.8. The summed E-state index contributed by atoms with van der Waals surface area (Å²) in [6.07, 6.45) is 1.67. The summed E-state index contributed by atoms with van der Waals surface area (Å²) in [5.74, 6) is -1.13. The summed E-state index contributed by atoms with van der Waals surface area (Å²) in [5.41, 5.74) is 3.57. The van der Waals surface area contributed by atoms with Gasteiger partial charge in [-0.15, -0.1) is 0 Å². The normalized spacial score (nSPS) is 23.7. The van der Waals surface area contributed by atoms with Crippen LogP contribution in [0.5, 0.6) is 0 Å². The van der Waals surface area contributed by atoms with Gasteiger partial charge < -0.3 is 20.1 Å². The van der Waals surface area contributed by atoms with Gasteiger partial charge in [-0.1, -0.05) is 48.5 Å². The first kappa shape index (κ1) is 21.5. The fourth-order valence-electron chi connectivity index (χ4n) is 5.67. The highest BCUT2D eigenvalue weighted by molar-refractivity contribution is 5.91. The van der Waals surface area contributed by atoms with E-state index in [0.29, 0.717) is 13.0 Å². The van der Waals surface area contributed by atoms with Crippen LogP contribution in [-0.4, -0.2) is 52.7 Å². The number of amides is 2. The fraction of sp³-hybridized carbons (Fsp3) is 0.423. The summed E-state index contributed by atoms with van der Waals surface area (Å²) >= 11 is 0. The molecule has 5 rings (SSSR count). The van der Waals surface area contributed by atoms with Crippen LogP contribution in [0.3, 0.4) is 0 Å². The lowest BCUT2D eigenvalue weighted by Crippen LogP contribution is -2.52. The average molecular weight is 449 g/mol. The lowest BCUT2D eigenvalue weighted by Gasteiger charge is -2.34. The molecule has 0 spiro atoms. The molecule has 3 atom stereocenters. The molecule has 0 radical (unpaired) electrons. The van der Waals surface area contributed by atoms with Crippen LogP contribution in [0.25, 0.3) is 11.1 Å². The first-order chi connectivity index (χ1) is 15.9. The Labute approximate surface area is 192 Å². The number of hydrogen-bond acceptors (Lipinski definition) is 4. The first-order valence-corrected chi connectivity index (χ1v) is 11.6. The molecule has 1 unspecified atom stereocenters. The first-order valence-electron chi connectivity index (χ1n) is 11.6. The van der Waals surface area contributed by atoms with Crippen molar-refractivity contribution < 1.29 is 24.2 Å². The second-order valence-corrected chi connectivity index (χ2v) is 9.39. The van der Waals surface area contributed by atoms with E-state index in [1.54, 1.807) is 6.92 Å². The smallest absolute Gasteiger partial charge is 0.407 e. The number of carbonyl (C=O) groups is 3. The highest BCUT2D eigenvalue weighted by Crippen LogP contribution is 2.54. The van der Waals surface area contributed by atoms with Crippen LogP contribution in [-0.2, 0) is 14.3 Å². The number of aliphatic carboxylic acids is 1. The molecule has 0 aromatic heterocycles. The zero-order valence-corrected chi connectivity index (χ0v) is 18.6. The quantitative estimate of drug-likeness (QED) is 0.701. The van der Waals surface area contributed by atoms with E-state index < -0.39 is 23.6 Å². The van der Waals surface area contributed by atoms with Crippen LogP contribution in [0.1, 0.15) is 49.7 Å². The Balaban J connectivity index is 1.18. The van der Waals surface area contributed by atoms with Gasteiger partial charge in [0.15, 0.2) is 0 Å². The minimum absolute atomic E-state index is 0.0318. The van der Waals surface area contributed by atoms with Crippen molar-refractivity contribution >= 4 is 18.0 Å². The third kappa shape index (κ3) is 3.65. The number of likely N-dealkylation sites (tertiary alicyclic amines) is 1. The van der Waals surface area contributed by atoms with Crippen molar-refractivity contribution in [3.05, 3.63) is 59.7 Å². The van der Waals surface area contributed by atoms with Crippen molar-refractivity contribution in [1.29, 1.82) is 0 Å². The number of benzene rings is 2. The van der Waals surface area contributed by atoms with Gasteiger partial charge in [0, 0.05) is 24.9 Å². The maximum absolute atomic E-state index is 12.8. The molecule has 1 saturated heterocycles. The third-order valence-electron chi connectivity index (χ3n) is 7.35. The number of piperidine rings is 1. The number of nitrogens with zero attached hydrogens (tertiary/aromatic N) is 1. The van der Waals surface area contributed by atoms with E-state index in [1.165, 1.54) is 4.90 Å². The molecule has 2 aromatic rings. The lowest BCUT2D eigenvalue weighted by molar-refractivity contribution is -0.154. The second kappa shape index (κ2) is 8.21. The van der Waals surface area contributed by atoms with Gasteiger partial charge in [-0.2, -0.15) is 0 Å². The number of rotatable bonds is 6. The fourth-order valence-corrected chi connectivity index (χ4v) is 5.67. The number of ether oxygens (including phenoxy) is 1. The molecule has 33 heavy (non-hydrogen) atoms. The molecule has 2 aromatic carbocycles. The van der Waals surface area contributed by atoms with Crippen molar-refractivity contribution in [2.24, 2.45) is 5.92 Å². The van der Waals surface area contributed by atoms with Gasteiger partial charge in [0.2, 0.25) is 5.91 Å². The van der Waals surface area contributed by atoms with Crippen LogP contribution in [0, 0.1) is 5.92 Å². The summed E-state index contributed by atoms with van der Waals surface area (Å²) in [7, 11) is 0. The van der Waals surface area contributed by atoms with Crippen LogP contribution >= 0.6 is 0 Å². The Hall–Kier alpha value is -3.35. The molecule has 2 amide bonds. The number of nitrogens with one attached hydrogen (secondary N) is 1. The Morgan fingerprint density at radius 1 is 1.12 bits per heavy atom. The molecule has 2 N–H and O–H groups in total. The number of fused-ring (bicyclic) bond motifs is 4. The molecular formula is C26H28N2O5. The van der Waals surface area contributed by atoms with Crippen molar-refractivity contribution in [2.45, 2.75) is 50.1 Å². The lowest BCUT2D eigenvalue weighted by atomic mass is 9.98. The summed E-state index contributed by atoms with van der Waals surface area (Å²) in [6, 6.07) is 15.8. The molecule has 3 aliphatic rings. The molecule has 2 aliphatic carbocycles. The largest absolute Gasteiger partial charge is 0.479 e. The number of carboxylic acid groups (broad SMARTS) is 1. The van der Waals surface area contributed by atoms with Gasteiger partial charge in [0.25, 0.3) is 0 Å². The molecular weight excluding hydrogens is 420 g/mol. The number of hydrogen-bond donors (Lipinski definition) is 2. The van der Waals surface area contributed by atoms with E-state index in [2.05, 4.69) is 29.6 Å². The maximum Gasteiger partial charge on any atom is 0.407 e. The number of carbonyl (C=O) groups excluding carboxylic acids is 2. The van der Waals surface area contributed by atoms with Crippen LogP contribution < -0.4 is 5.32 Å². The van der Waals surface area contributed by atoms with Crippen LogP contribution in [0.2, 0.25) is 0 Å². The Morgan fingerprint density at radius 2 is 1.76 bits per heavy atom. The average Bonchev–Trinajstić information content (AvgIpc) is 3.48. The summed E-state index contributed by atoms with van der Waals surface area (Å²) in [6.45, 7) is 2.40. The highest BCUT2D eigenvalue weighted by atomic mass is 16.5. The van der Waals surface area contributed by atoms with Gasteiger partial charge in [-0.05, 0) is 54.4 Å². The van der Waals surface area contributed by atoms with Gasteiger partial charge in [-0.3, -0.25) is 4.79 Å². The monoisotopic (exact) mass is 448 g/mol. The Bertz CT molecular complexity index is 1070. The van der Waals surface area contributed by atoms with E-state index in [0.717, 1.165) is 35.1 Å². The molecule has 2 fully saturated rings. The SMILES string of the molecule is CC(CC(=O)N1CCC[C@@H]2C[C@@]21C(=O)O)NC(=O)OCC1c2ccccc2-c2ccccc21. The molecule has 1 heterocycles. The topological polar surface area (TPSA) is 95.9 Å². The molecule has 172 valence electrons. The molecule has 7 heteroatoms.